The molecule has 0 aliphatic rings. The Labute approximate surface area is 186 Å². The number of nitrogens with zero attached hydrogens (tertiary/aromatic N) is 2. The van der Waals surface area contributed by atoms with Crippen LogP contribution in [-0.4, -0.2) is 39.9 Å². The lowest BCUT2D eigenvalue weighted by Gasteiger charge is -2.12. The second kappa shape index (κ2) is 10.3. The second-order valence-corrected chi connectivity index (χ2v) is 8.65. The van der Waals surface area contributed by atoms with Crippen molar-refractivity contribution in [2.24, 2.45) is 0 Å². The Bertz CT molecular complexity index is 1040. The predicted octanol–water partition coefficient (Wildman–Crippen LogP) is 4.62. The van der Waals surface area contributed by atoms with Gasteiger partial charge in [0, 0.05) is 23.8 Å². The van der Waals surface area contributed by atoms with Crippen LogP contribution in [0.3, 0.4) is 0 Å². The van der Waals surface area contributed by atoms with E-state index < -0.39 is 11.0 Å². The largest absolute Gasteiger partial charge is 0.487 e. The van der Waals surface area contributed by atoms with Gasteiger partial charge >= 0.3 is 0 Å². The molecule has 0 saturated heterocycles. The van der Waals surface area contributed by atoms with Crippen molar-refractivity contribution in [3.05, 3.63) is 40.0 Å². The van der Waals surface area contributed by atoms with E-state index in [1.165, 1.54) is 6.20 Å². The lowest BCUT2D eigenvalue weighted by atomic mass is 10.2. The Hall–Kier alpha value is -2.07. The van der Waals surface area contributed by atoms with Crippen LogP contribution in [0.25, 0.3) is 11.0 Å². The number of benzene rings is 1. The van der Waals surface area contributed by atoms with Gasteiger partial charge in [0.25, 0.3) is 0 Å². The number of nitrogens with one attached hydrogen (secondary N) is 1. The van der Waals surface area contributed by atoms with Crippen LogP contribution in [0.1, 0.15) is 19.4 Å². The summed E-state index contributed by atoms with van der Waals surface area (Å²) in [6.45, 7) is 4.31. The fraction of sp³-hybridized carbons (Fsp3) is 0.368. The number of methoxy groups -OCH3 is 1. The number of rotatable bonds is 10. The SMILES string of the molecule is COCCS(=O)Nc1noc2cc(COc3cnc(OC(C)C)c(Cl)c3)c(Cl)cc12. The summed E-state index contributed by atoms with van der Waals surface area (Å²) in [4.78, 5) is 4.17. The first-order valence-corrected chi connectivity index (χ1v) is 11.1. The topological polar surface area (TPSA) is 95.7 Å². The van der Waals surface area contributed by atoms with E-state index in [9.17, 15) is 4.21 Å². The first kappa shape index (κ1) is 22.6. The molecule has 0 spiro atoms. The first-order valence-electron chi connectivity index (χ1n) is 9.04. The van der Waals surface area contributed by atoms with Gasteiger partial charge in [-0.1, -0.05) is 28.4 Å². The van der Waals surface area contributed by atoms with Crippen LogP contribution in [0.4, 0.5) is 5.82 Å². The molecule has 1 aromatic carbocycles. The van der Waals surface area contributed by atoms with Crippen LogP contribution in [0.15, 0.2) is 28.9 Å². The Morgan fingerprint density at radius 2 is 2.03 bits per heavy atom. The molecule has 0 fully saturated rings. The molecule has 2 aromatic heterocycles. The van der Waals surface area contributed by atoms with Gasteiger partial charge in [-0.15, -0.1) is 0 Å². The third-order valence-corrected chi connectivity index (χ3v) is 5.43. The van der Waals surface area contributed by atoms with Crippen molar-refractivity contribution in [3.63, 3.8) is 0 Å². The minimum atomic E-state index is -1.35. The molecular weight excluding hydrogens is 453 g/mol. The molecular formula is C19H21Cl2N3O5S. The van der Waals surface area contributed by atoms with E-state index in [-0.39, 0.29) is 12.7 Å². The third kappa shape index (κ3) is 5.75. The molecule has 1 unspecified atom stereocenters. The fourth-order valence-corrected chi connectivity index (χ4v) is 3.66. The van der Waals surface area contributed by atoms with Crippen LogP contribution < -0.4 is 14.2 Å². The van der Waals surface area contributed by atoms with Gasteiger partial charge in [-0.2, -0.15) is 0 Å². The average Bonchev–Trinajstić information content (AvgIpc) is 3.07. The van der Waals surface area contributed by atoms with Crippen molar-refractivity contribution in [1.82, 2.24) is 10.1 Å². The molecule has 1 atom stereocenters. The van der Waals surface area contributed by atoms with E-state index in [1.54, 1.807) is 25.3 Å². The predicted molar refractivity (Wildman–Crippen MR) is 117 cm³/mol. The summed E-state index contributed by atoms with van der Waals surface area (Å²) >= 11 is 12.6. The van der Waals surface area contributed by atoms with Gasteiger partial charge in [0.15, 0.2) is 11.4 Å². The van der Waals surface area contributed by atoms with Crippen molar-refractivity contribution in [2.75, 3.05) is 24.2 Å². The number of aromatic nitrogens is 2. The van der Waals surface area contributed by atoms with Gasteiger partial charge in [0.2, 0.25) is 5.88 Å². The van der Waals surface area contributed by atoms with Crippen LogP contribution >= 0.6 is 23.2 Å². The lowest BCUT2D eigenvalue weighted by Crippen LogP contribution is -2.12. The molecule has 8 nitrogen and oxygen atoms in total. The third-order valence-electron chi connectivity index (χ3n) is 3.85. The van der Waals surface area contributed by atoms with E-state index in [2.05, 4.69) is 14.9 Å². The average molecular weight is 474 g/mol. The summed E-state index contributed by atoms with van der Waals surface area (Å²) in [5.41, 5.74) is 1.17. The molecule has 1 N–H and O–H groups in total. The molecule has 3 rings (SSSR count). The molecule has 11 heteroatoms. The quantitative estimate of drug-likeness (QED) is 0.458. The summed E-state index contributed by atoms with van der Waals surface area (Å²) in [5, 5.41) is 5.36. The maximum absolute atomic E-state index is 12.0. The standard InChI is InChI=1S/C19H21Cl2N3O5S/c1-11(2)28-19-16(21)7-13(9-22-19)27-10-12-6-17-14(8-15(12)20)18(23-29-17)24-30(25)5-4-26-3/h6-9,11H,4-5,10H2,1-3H3,(H,23,24). The Balaban J connectivity index is 1.70. The molecule has 0 bridgehead atoms. The zero-order chi connectivity index (χ0) is 21.7. The normalized spacial score (nSPS) is 12.3. The van der Waals surface area contributed by atoms with Crippen LogP contribution in [0, 0.1) is 0 Å². The maximum Gasteiger partial charge on any atom is 0.233 e. The van der Waals surface area contributed by atoms with Crippen molar-refractivity contribution in [1.29, 1.82) is 0 Å². The number of ether oxygens (including phenoxy) is 3. The number of fused-ring (bicyclic) bond motifs is 1. The molecule has 3 aromatic rings. The van der Waals surface area contributed by atoms with E-state index >= 15 is 0 Å². The summed E-state index contributed by atoms with van der Waals surface area (Å²) in [7, 11) is 0.197. The van der Waals surface area contributed by atoms with Gasteiger partial charge in [0.05, 0.1) is 30.0 Å². The second-order valence-electron chi connectivity index (χ2n) is 6.53. The van der Waals surface area contributed by atoms with Crippen LogP contribution in [-0.2, 0) is 22.3 Å². The molecule has 0 aliphatic heterocycles. The van der Waals surface area contributed by atoms with Gasteiger partial charge in [0.1, 0.15) is 28.4 Å². The number of hydrogen-bond acceptors (Lipinski definition) is 7. The van der Waals surface area contributed by atoms with Crippen molar-refractivity contribution in [2.45, 2.75) is 26.6 Å². The van der Waals surface area contributed by atoms with Crippen molar-refractivity contribution in [3.8, 4) is 11.6 Å². The molecule has 0 radical (unpaired) electrons. The first-order chi connectivity index (χ1) is 14.4. The number of pyridine rings is 1. The van der Waals surface area contributed by atoms with E-state index in [1.807, 2.05) is 13.8 Å². The number of hydrogen-bond donors (Lipinski definition) is 1. The molecule has 0 aliphatic carbocycles. The maximum atomic E-state index is 12.0. The van der Waals surface area contributed by atoms with E-state index in [0.717, 1.165) is 0 Å². The zero-order valence-corrected chi connectivity index (χ0v) is 18.9. The van der Waals surface area contributed by atoms with Crippen molar-refractivity contribution < 1.29 is 22.9 Å². The fourth-order valence-electron chi connectivity index (χ4n) is 2.46. The highest BCUT2D eigenvalue weighted by Crippen LogP contribution is 2.31. The highest BCUT2D eigenvalue weighted by molar-refractivity contribution is 7.86. The van der Waals surface area contributed by atoms with Crippen molar-refractivity contribution >= 4 is 51.0 Å². The van der Waals surface area contributed by atoms with E-state index in [0.29, 0.717) is 56.4 Å². The summed E-state index contributed by atoms with van der Waals surface area (Å²) in [6.07, 6.45) is 1.49. The minimum Gasteiger partial charge on any atom is -0.487 e. The van der Waals surface area contributed by atoms with Crippen LogP contribution in [0.2, 0.25) is 10.0 Å². The monoisotopic (exact) mass is 473 g/mol. The van der Waals surface area contributed by atoms with E-state index in [4.69, 9.17) is 41.9 Å². The van der Waals surface area contributed by atoms with Gasteiger partial charge < -0.3 is 18.7 Å². The van der Waals surface area contributed by atoms with Crippen LogP contribution in [0.5, 0.6) is 11.6 Å². The zero-order valence-electron chi connectivity index (χ0n) is 16.6. The Morgan fingerprint density at radius 3 is 2.73 bits per heavy atom. The molecule has 162 valence electrons. The number of halogens is 2. The minimum absolute atomic E-state index is 0.0361. The number of anilines is 1. The Morgan fingerprint density at radius 1 is 1.23 bits per heavy atom. The summed E-state index contributed by atoms with van der Waals surface area (Å²) in [5.74, 6) is 1.50. The van der Waals surface area contributed by atoms with Gasteiger partial charge in [-0.25, -0.2) is 9.19 Å². The molecule has 0 saturated carbocycles. The molecule has 30 heavy (non-hydrogen) atoms. The Kier molecular flexibility index (Phi) is 7.76. The molecule has 2 heterocycles. The smallest absolute Gasteiger partial charge is 0.233 e. The van der Waals surface area contributed by atoms with Gasteiger partial charge in [-0.05, 0) is 26.0 Å². The summed E-state index contributed by atoms with van der Waals surface area (Å²) < 4.78 is 36.3. The van der Waals surface area contributed by atoms with Gasteiger partial charge in [-0.3, -0.25) is 4.72 Å². The highest BCUT2D eigenvalue weighted by Gasteiger charge is 2.15. The molecule has 0 amide bonds. The summed E-state index contributed by atoms with van der Waals surface area (Å²) in [6, 6.07) is 5.04. The highest BCUT2D eigenvalue weighted by atomic mass is 35.5. The lowest BCUT2D eigenvalue weighted by molar-refractivity contribution is 0.218.